The number of rotatable bonds is 4. The van der Waals surface area contributed by atoms with Gasteiger partial charge < -0.3 is 45.5 Å². The van der Waals surface area contributed by atoms with E-state index < -0.39 is 101 Å². The second kappa shape index (κ2) is 9.30. The fourth-order valence-corrected chi connectivity index (χ4v) is 5.65. The minimum Gasteiger partial charge on any atom is -0.507 e. The highest BCUT2D eigenvalue weighted by Gasteiger charge is 2.49. The normalized spacial score (nSPS) is 32.8. The van der Waals surface area contributed by atoms with Crippen molar-refractivity contribution in [1.29, 1.82) is 0 Å². The maximum atomic E-state index is 13.8. The van der Waals surface area contributed by atoms with Crippen LogP contribution in [0.15, 0.2) is 18.2 Å². The van der Waals surface area contributed by atoms with Crippen molar-refractivity contribution in [3.63, 3.8) is 0 Å². The van der Waals surface area contributed by atoms with E-state index in [1.807, 2.05) is 0 Å². The highest BCUT2D eigenvalue weighted by molar-refractivity contribution is 6.31. The van der Waals surface area contributed by atoms with Gasteiger partial charge in [0, 0.05) is 42.0 Å². The first-order chi connectivity index (χ1) is 19.0. The quantitative estimate of drug-likeness (QED) is 0.206. The van der Waals surface area contributed by atoms with E-state index in [1.165, 1.54) is 25.1 Å². The molecular formula is C27H31NO10. The van der Waals surface area contributed by atoms with Crippen LogP contribution in [0.5, 0.6) is 17.2 Å². The van der Waals surface area contributed by atoms with Gasteiger partial charge in [-0.2, -0.15) is 0 Å². The summed E-state index contributed by atoms with van der Waals surface area (Å²) in [5, 5.41) is 54.8. The van der Waals surface area contributed by atoms with Gasteiger partial charge in [-0.1, -0.05) is 12.1 Å². The van der Waals surface area contributed by atoms with Crippen LogP contribution in [-0.4, -0.2) is 80.4 Å². The fraction of sp³-hybridized carbons (Fsp3) is 0.481. The second-order valence-electron chi connectivity index (χ2n) is 10.2. The molecule has 11 heteroatoms. The van der Waals surface area contributed by atoms with E-state index in [0.717, 1.165) is 0 Å². The number of hydrogen-bond acceptors (Lipinski definition) is 11. The molecule has 2 aliphatic carbocycles. The number of ketones is 2. The molecule has 38 heavy (non-hydrogen) atoms. The predicted molar refractivity (Wildman–Crippen MR) is 131 cm³/mol. The highest BCUT2D eigenvalue weighted by Crippen LogP contribution is 2.52. The summed E-state index contributed by atoms with van der Waals surface area (Å²) < 4.78 is 39.1. The van der Waals surface area contributed by atoms with Gasteiger partial charge in [0.2, 0.25) is 5.78 Å². The van der Waals surface area contributed by atoms with Crippen molar-refractivity contribution >= 4 is 11.6 Å². The van der Waals surface area contributed by atoms with Gasteiger partial charge in [0.15, 0.2) is 12.1 Å². The summed E-state index contributed by atoms with van der Waals surface area (Å²) in [6, 6.07) is 3.05. The monoisotopic (exact) mass is 533 g/mol. The third-order valence-electron chi connectivity index (χ3n) is 7.84. The molecule has 0 amide bonds. The summed E-state index contributed by atoms with van der Waals surface area (Å²) in [5.41, 5.74) is 2.16. The Morgan fingerprint density at radius 2 is 1.89 bits per heavy atom. The minimum absolute atomic E-state index is 0.0305. The van der Waals surface area contributed by atoms with E-state index in [2.05, 4.69) is 0 Å². The molecule has 0 radical (unpaired) electrons. The molecule has 1 heterocycles. The molecule has 7 N–H and O–H groups in total. The standard InChI is InChI=1S/C27H31NO10/c1-10-22(30)14(28)7-17(37-10)38-16-9-27(35,11(2)29)8-13-19(16)26(34)21-20(24(13)32)23(31)12-5-4-6-15(36-3)18(12)25(21)33/h4-6,10-11,14,16-17,22,29-30,32,34-35H,7-9,28H2,1-3H3/t10?,11-,14?,16+,17?,22?,27+/m0/s1/i3+1D3. The highest BCUT2D eigenvalue weighted by atomic mass is 16.7. The lowest BCUT2D eigenvalue weighted by Gasteiger charge is -2.43. The maximum Gasteiger partial charge on any atom is 0.202 e. The first-order valence-electron chi connectivity index (χ1n) is 13.7. The number of benzene rings is 2. The van der Waals surface area contributed by atoms with E-state index in [1.54, 1.807) is 6.92 Å². The van der Waals surface area contributed by atoms with Gasteiger partial charge in [0.05, 0.1) is 57.9 Å². The molecule has 2 aromatic rings. The van der Waals surface area contributed by atoms with Crippen molar-refractivity contribution < 1.29 is 53.4 Å². The van der Waals surface area contributed by atoms with Gasteiger partial charge in [0.1, 0.15) is 17.2 Å². The van der Waals surface area contributed by atoms with Crippen LogP contribution in [0.3, 0.4) is 0 Å². The average molecular weight is 534 g/mol. The lowest BCUT2D eigenvalue weighted by atomic mass is 9.71. The number of phenols is 2. The number of nitrogens with two attached hydrogens (primary N) is 1. The zero-order chi connectivity index (χ0) is 30.2. The van der Waals surface area contributed by atoms with Gasteiger partial charge in [-0.05, 0) is 19.9 Å². The van der Waals surface area contributed by atoms with Gasteiger partial charge in [-0.3, -0.25) is 9.59 Å². The number of phenolic OH excluding ortho intramolecular Hbond substituents is 2. The molecule has 4 unspecified atom stereocenters. The SMILES string of the molecule is [2H][13C]([2H])([2H])Oc1cccc2c1C(=O)c1c(O)c3c(c(O)c1C2=O)C[C@](O)([C@H](C)O)C[C@H]3OC1CC(N)C(O)C(C)O1. The molecule has 7 atom stereocenters. The van der Waals surface area contributed by atoms with E-state index in [-0.39, 0.29) is 29.5 Å². The lowest BCUT2D eigenvalue weighted by Crippen LogP contribution is -2.53. The van der Waals surface area contributed by atoms with Crippen molar-refractivity contribution in [2.45, 2.75) is 75.5 Å². The Kier molecular flexibility index (Phi) is 5.60. The second-order valence-corrected chi connectivity index (χ2v) is 10.2. The molecule has 11 nitrogen and oxygen atoms in total. The number of ether oxygens (including phenoxy) is 3. The Morgan fingerprint density at radius 3 is 2.55 bits per heavy atom. The van der Waals surface area contributed by atoms with Crippen molar-refractivity contribution in [2.75, 3.05) is 7.04 Å². The largest absolute Gasteiger partial charge is 0.507 e. The topological polar surface area (TPSA) is 189 Å². The Bertz CT molecular complexity index is 1420. The van der Waals surface area contributed by atoms with Crippen LogP contribution in [0.1, 0.15) is 79.9 Å². The maximum absolute atomic E-state index is 13.8. The Morgan fingerprint density at radius 1 is 1.18 bits per heavy atom. The number of aliphatic hydroxyl groups excluding tert-OH is 2. The molecule has 2 aromatic carbocycles. The molecule has 0 spiro atoms. The third kappa shape index (κ3) is 3.89. The molecule has 0 aromatic heterocycles. The number of aliphatic hydroxyl groups is 3. The number of aromatic hydroxyl groups is 2. The first kappa shape index (κ1) is 22.9. The molecule has 5 rings (SSSR count). The van der Waals surface area contributed by atoms with E-state index in [4.69, 9.17) is 24.1 Å². The zero-order valence-corrected chi connectivity index (χ0v) is 20.7. The lowest BCUT2D eigenvalue weighted by molar-refractivity contribution is -0.250. The molecule has 1 aliphatic heterocycles. The number of carbonyl (C=O) groups is 2. The number of fused-ring (bicyclic) bond motifs is 3. The van der Waals surface area contributed by atoms with Crippen molar-refractivity contribution in [2.24, 2.45) is 5.73 Å². The molecule has 204 valence electrons. The Balaban J connectivity index is 1.67. The van der Waals surface area contributed by atoms with Crippen LogP contribution in [0.2, 0.25) is 0 Å². The predicted octanol–water partition coefficient (Wildman–Crippen LogP) is 0.821. The van der Waals surface area contributed by atoms with E-state index >= 15 is 0 Å². The van der Waals surface area contributed by atoms with Crippen LogP contribution in [0, 0.1) is 0 Å². The summed E-state index contributed by atoms with van der Waals surface area (Å²) in [4.78, 5) is 27.4. The number of methoxy groups -OCH3 is 1. The first-order valence-corrected chi connectivity index (χ1v) is 12.2. The summed E-state index contributed by atoms with van der Waals surface area (Å²) in [6.07, 6.45) is -6.01. The van der Waals surface area contributed by atoms with Crippen LogP contribution in [0.25, 0.3) is 0 Å². The number of carbonyl (C=O) groups excluding carboxylic acids is 2. The van der Waals surface area contributed by atoms with Gasteiger partial charge in [-0.25, -0.2) is 0 Å². The summed E-state index contributed by atoms with van der Waals surface area (Å²) in [5.74, 6) is -3.67. The zero-order valence-electron chi connectivity index (χ0n) is 23.7. The summed E-state index contributed by atoms with van der Waals surface area (Å²) in [6.45, 7) is 2.92. The van der Waals surface area contributed by atoms with Gasteiger partial charge >= 0.3 is 0 Å². The molecule has 0 saturated carbocycles. The molecule has 1 fully saturated rings. The molecule has 1 saturated heterocycles. The van der Waals surface area contributed by atoms with Crippen LogP contribution < -0.4 is 10.5 Å². The molecule has 3 aliphatic rings. The van der Waals surface area contributed by atoms with Crippen molar-refractivity contribution in [1.82, 2.24) is 0 Å². The van der Waals surface area contributed by atoms with Crippen molar-refractivity contribution in [3.05, 3.63) is 51.6 Å². The minimum atomic E-state index is -2.95. The van der Waals surface area contributed by atoms with Crippen LogP contribution >= 0.6 is 0 Å². The fourth-order valence-electron chi connectivity index (χ4n) is 5.65. The van der Waals surface area contributed by atoms with Crippen molar-refractivity contribution in [3.8, 4) is 17.2 Å². The molecule has 0 bridgehead atoms. The van der Waals surface area contributed by atoms with Crippen LogP contribution in [0.4, 0.5) is 0 Å². The third-order valence-corrected chi connectivity index (χ3v) is 7.84. The smallest absolute Gasteiger partial charge is 0.202 e. The molecular weight excluding hydrogens is 499 g/mol. The Hall–Kier alpha value is -3.06. The summed E-state index contributed by atoms with van der Waals surface area (Å²) >= 11 is 0. The number of hydrogen-bond donors (Lipinski definition) is 6. The summed E-state index contributed by atoms with van der Waals surface area (Å²) in [7, 11) is -2.95. The van der Waals surface area contributed by atoms with Gasteiger partial charge in [-0.15, -0.1) is 0 Å². The van der Waals surface area contributed by atoms with E-state index in [0.29, 0.717) is 0 Å². The average Bonchev–Trinajstić information content (AvgIpc) is 2.86. The van der Waals surface area contributed by atoms with Crippen LogP contribution in [-0.2, 0) is 15.9 Å². The Labute approximate surface area is 222 Å². The van der Waals surface area contributed by atoms with E-state index in [9.17, 15) is 35.1 Å². The van der Waals surface area contributed by atoms with Gasteiger partial charge in [0.25, 0.3) is 0 Å².